The maximum atomic E-state index is 12.4. The second kappa shape index (κ2) is 7.51. The van der Waals surface area contributed by atoms with E-state index in [4.69, 9.17) is 34.3 Å². The van der Waals surface area contributed by atoms with Crippen LogP contribution < -0.4 is 10.5 Å². The molecule has 0 aliphatic rings. The summed E-state index contributed by atoms with van der Waals surface area (Å²) < 4.78 is 32.4. The minimum Gasteiger partial charge on any atom is -0.389 e. The topological polar surface area (TPSA) is 81.4 Å². The van der Waals surface area contributed by atoms with Crippen molar-refractivity contribution in [1.29, 1.82) is 0 Å². The normalized spacial score (nSPS) is 13.4. The molecule has 0 heterocycles. The van der Waals surface area contributed by atoms with Gasteiger partial charge in [0, 0.05) is 18.7 Å². The standard InChI is InChI=1S/C13H19ClN2O3S2/c1-8(2)11(7-19-3)16-21(17,18)12-5-4-9(13(15)20)6-10(12)14/h4-6,8,11,16H,7H2,1-3H3,(H2,15,20). The van der Waals surface area contributed by atoms with E-state index < -0.39 is 10.0 Å². The van der Waals surface area contributed by atoms with Crippen LogP contribution in [0.1, 0.15) is 19.4 Å². The summed E-state index contributed by atoms with van der Waals surface area (Å²) in [6, 6.07) is 4.03. The Balaban J connectivity index is 3.10. The summed E-state index contributed by atoms with van der Waals surface area (Å²) in [5.74, 6) is 0.0781. The van der Waals surface area contributed by atoms with Crippen LogP contribution in [0.3, 0.4) is 0 Å². The lowest BCUT2D eigenvalue weighted by molar-refractivity contribution is 0.157. The number of halogens is 1. The number of ether oxygens (including phenoxy) is 1. The Morgan fingerprint density at radius 2 is 2.10 bits per heavy atom. The van der Waals surface area contributed by atoms with E-state index in [2.05, 4.69) is 4.72 Å². The Labute approximate surface area is 135 Å². The molecule has 0 aromatic heterocycles. The van der Waals surface area contributed by atoms with Gasteiger partial charge in [-0.15, -0.1) is 0 Å². The Morgan fingerprint density at radius 1 is 1.48 bits per heavy atom. The van der Waals surface area contributed by atoms with E-state index in [-0.39, 0.29) is 33.5 Å². The van der Waals surface area contributed by atoms with Crippen molar-refractivity contribution in [3.63, 3.8) is 0 Å². The zero-order valence-electron chi connectivity index (χ0n) is 12.1. The maximum absolute atomic E-state index is 12.4. The van der Waals surface area contributed by atoms with Crippen molar-refractivity contribution in [2.24, 2.45) is 11.7 Å². The Bertz CT molecular complexity index is 618. The van der Waals surface area contributed by atoms with Crippen molar-refractivity contribution in [2.75, 3.05) is 13.7 Å². The molecule has 1 aromatic carbocycles. The molecule has 1 aromatic rings. The summed E-state index contributed by atoms with van der Waals surface area (Å²) in [7, 11) is -2.22. The quantitative estimate of drug-likeness (QED) is 0.734. The van der Waals surface area contributed by atoms with Gasteiger partial charge in [0.2, 0.25) is 10.0 Å². The molecule has 118 valence electrons. The fourth-order valence-electron chi connectivity index (χ4n) is 1.68. The highest BCUT2D eigenvalue weighted by Gasteiger charge is 2.24. The van der Waals surface area contributed by atoms with E-state index in [0.717, 1.165) is 0 Å². The van der Waals surface area contributed by atoms with E-state index in [9.17, 15) is 8.42 Å². The third kappa shape index (κ3) is 4.89. The number of nitrogens with two attached hydrogens (primary N) is 1. The second-order valence-electron chi connectivity index (χ2n) is 4.94. The summed E-state index contributed by atoms with van der Waals surface area (Å²) in [6.45, 7) is 4.09. The number of thiocarbonyl (C=S) groups is 1. The average Bonchev–Trinajstić information content (AvgIpc) is 2.37. The lowest BCUT2D eigenvalue weighted by Crippen LogP contribution is -2.41. The van der Waals surface area contributed by atoms with Crippen molar-refractivity contribution in [3.8, 4) is 0 Å². The summed E-state index contributed by atoms with van der Waals surface area (Å²) in [5, 5.41) is 0.0766. The van der Waals surface area contributed by atoms with Crippen LogP contribution in [0.15, 0.2) is 23.1 Å². The van der Waals surface area contributed by atoms with Gasteiger partial charge in [-0.25, -0.2) is 13.1 Å². The maximum Gasteiger partial charge on any atom is 0.242 e. The minimum atomic E-state index is -3.75. The predicted molar refractivity (Wildman–Crippen MR) is 88.2 cm³/mol. The Hall–Kier alpha value is -0.730. The summed E-state index contributed by atoms with van der Waals surface area (Å²) >= 11 is 10.9. The average molecular weight is 351 g/mol. The number of nitrogens with one attached hydrogen (secondary N) is 1. The molecule has 0 spiro atoms. The van der Waals surface area contributed by atoms with Gasteiger partial charge >= 0.3 is 0 Å². The molecule has 21 heavy (non-hydrogen) atoms. The van der Waals surface area contributed by atoms with Gasteiger partial charge in [-0.1, -0.05) is 43.7 Å². The molecule has 0 saturated heterocycles. The Kier molecular flexibility index (Phi) is 6.55. The van der Waals surface area contributed by atoms with Gasteiger partial charge in [0.05, 0.1) is 11.6 Å². The van der Waals surface area contributed by atoms with Crippen LogP contribution in [0.5, 0.6) is 0 Å². The van der Waals surface area contributed by atoms with Crippen molar-refractivity contribution in [2.45, 2.75) is 24.8 Å². The summed E-state index contributed by atoms with van der Waals surface area (Å²) in [4.78, 5) is 0.152. The molecular weight excluding hydrogens is 332 g/mol. The van der Waals surface area contributed by atoms with E-state index in [0.29, 0.717) is 5.56 Å². The van der Waals surface area contributed by atoms with Gasteiger partial charge in [-0.05, 0) is 18.1 Å². The van der Waals surface area contributed by atoms with E-state index in [1.165, 1.54) is 25.3 Å². The van der Waals surface area contributed by atoms with Crippen LogP contribution in [0.2, 0.25) is 5.02 Å². The lowest BCUT2D eigenvalue weighted by Gasteiger charge is -2.21. The van der Waals surface area contributed by atoms with Crippen molar-refractivity contribution in [3.05, 3.63) is 28.8 Å². The first-order chi connectivity index (χ1) is 9.69. The lowest BCUT2D eigenvalue weighted by atomic mass is 10.1. The largest absolute Gasteiger partial charge is 0.389 e. The van der Waals surface area contributed by atoms with Crippen LogP contribution in [0.4, 0.5) is 0 Å². The summed E-state index contributed by atoms with van der Waals surface area (Å²) in [6.07, 6.45) is 0. The van der Waals surface area contributed by atoms with Crippen LogP contribution >= 0.6 is 23.8 Å². The first kappa shape index (κ1) is 18.3. The van der Waals surface area contributed by atoms with Crippen LogP contribution in [-0.2, 0) is 14.8 Å². The highest BCUT2D eigenvalue weighted by Crippen LogP contribution is 2.23. The van der Waals surface area contributed by atoms with Crippen LogP contribution in [-0.4, -0.2) is 33.2 Å². The molecular formula is C13H19ClN2O3S2. The monoisotopic (exact) mass is 350 g/mol. The predicted octanol–water partition coefficient (Wildman–Crippen LogP) is 1.92. The van der Waals surface area contributed by atoms with Gasteiger partial charge in [-0.2, -0.15) is 0 Å². The van der Waals surface area contributed by atoms with E-state index >= 15 is 0 Å². The van der Waals surface area contributed by atoms with E-state index in [1.54, 1.807) is 0 Å². The summed E-state index contributed by atoms with van der Waals surface area (Å²) in [5.41, 5.74) is 6.01. The van der Waals surface area contributed by atoms with Crippen LogP contribution in [0.25, 0.3) is 0 Å². The van der Waals surface area contributed by atoms with Gasteiger partial charge in [0.25, 0.3) is 0 Å². The van der Waals surface area contributed by atoms with Gasteiger partial charge in [0.15, 0.2) is 0 Å². The molecule has 1 rings (SSSR count). The number of hydrogen-bond donors (Lipinski definition) is 2. The van der Waals surface area contributed by atoms with Crippen molar-refractivity contribution in [1.82, 2.24) is 4.72 Å². The number of methoxy groups -OCH3 is 1. The van der Waals surface area contributed by atoms with Gasteiger partial charge < -0.3 is 10.5 Å². The molecule has 8 heteroatoms. The highest BCUT2D eigenvalue weighted by atomic mass is 35.5. The molecule has 0 saturated carbocycles. The zero-order chi connectivity index (χ0) is 16.2. The fraction of sp³-hybridized carbons (Fsp3) is 0.462. The minimum absolute atomic E-state index is 0.00841. The Morgan fingerprint density at radius 3 is 2.52 bits per heavy atom. The molecule has 0 aliphatic heterocycles. The zero-order valence-corrected chi connectivity index (χ0v) is 14.5. The first-order valence-corrected chi connectivity index (χ1v) is 8.56. The number of rotatable bonds is 7. The second-order valence-corrected chi connectivity index (χ2v) is 7.47. The fourth-order valence-corrected chi connectivity index (χ4v) is 3.72. The van der Waals surface area contributed by atoms with Crippen LogP contribution in [0, 0.1) is 5.92 Å². The number of hydrogen-bond acceptors (Lipinski definition) is 4. The third-order valence-corrected chi connectivity index (χ3v) is 5.17. The SMILES string of the molecule is COCC(NS(=O)(=O)c1ccc(C(N)=S)cc1Cl)C(C)C. The van der Waals surface area contributed by atoms with Gasteiger partial charge in [0.1, 0.15) is 9.88 Å². The molecule has 1 unspecified atom stereocenters. The third-order valence-electron chi connectivity index (χ3n) is 2.96. The smallest absolute Gasteiger partial charge is 0.242 e. The molecule has 3 N–H and O–H groups in total. The van der Waals surface area contributed by atoms with Crippen molar-refractivity contribution >= 4 is 38.8 Å². The van der Waals surface area contributed by atoms with Crippen molar-refractivity contribution < 1.29 is 13.2 Å². The molecule has 0 bridgehead atoms. The molecule has 0 amide bonds. The molecule has 0 aliphatic carbocycles. The molecule has 0 fully saturated rings. The number of benzene rings is 1. The molecule has 0 radical (unpaired) electrons. The van der Waals surface area contributed by atoms with E-state index in [1.807, 2.05) is 13.8 Å². The first-order valence-electron chi connectivity index (χ1n) is 6.29. The molecule has 5 nitrogen and oxygen atoms in total. The highest BCUT2D eigenvalue weighted by molar-refractivity contribution is 7.89. The van der Waals surface area contributed by atoms with Gasteiger partial charge in [-0.3, -0.25) is 0 Å². The molecule has 1 atom stereocenters. The number of sulfonamides is 1.